The fourth-order valence-corrected chi connectivity index (χ4v) is 4.47. The lowest BCUT2D eigenvalue weighted by molar-refractivity contribution is 0.0885. The molecule has 0 saturated heterocycles. The van der Waals surface area contributed by atoms with Gasteiger partial charge in [-0.25, -0.2) is 0 Å². The van der Waals surface area contributed by atoms with E-state index >= 15 is 0 Å². The van der Waals surface area contributed by atoms with E-state index in [1.807, 2.05) is 14.2 Å². The lowest BCUT2D eigenvalue weighted by Crippen LogP contribution is -2.12. The summed E-state index contributed by atoms with van der Waals surface area (Å²) in [5.41, 5.74) is 0. The average Bonchev–Trinajstić information content (AvgIpc) is 2.99. The van der Waals surface area contributed by atoms with Gasteiger partial charge in [0.2, 0.25) is 0 Å². The molecule has 2 heteroatoms. The summed E-state index contributed by atoms with van der Waals surface area (Å²) in [5, 5.41) is 0. The van der Waals surface area contributed by atoms with Crippen LogP contribution >= 0.6 is 0 Å². The molecule has 0 aromatic heterocycles. The lowest BCUT2D eigenvalue weighted by Gasteiger charge is -2.19. The third-order valence-corrected chi connectivity index (χ3v) is 5.69. The van der Waals surface area contributed by atoms with Crippen LogP contribution in [0, 0.1) is 17.8 Å². The van der Waals surface area contributed by atoms with Crippen molar-refractivity contribution in [3.05, 3.63) is 0 Å². The minimum Gasteiger partial charge on any atom is -0.381 e. The zero-order valence-electron chi connectivity index (χ0n) is 13.1. The number of ether oxygens (including phenoxy) is 2. The number of methoxy groups -OCH3 is 2. The molecule has 0 amide bonds. The number of unbranched alkanes of at least 4 members (excludes halogenated alkanes) is 1. The van der Waals surface area contributed by atoms with Crippen LogP contribution in [-0.2, 0) is 9.47 Å². The Kier molecular flexibility index (Phi) is 6.15. The monoisotopic (exact) mass is 268 g/mol. The Bertz CT molecular complexity index is 250. The Balaban J connectivity index is 1.64. The van der Waals surface area contributed by atoms with E-state index in [4.69, 9.17) is 9.47 Å². The summed E-state index contributed by atoms with van der Waals surface area (Å²) in [6.45, 7) is 2.22. The Hall–Kier alpha value is -0.0800. The predicted octanol–water partition coefficient (Wildman–Crippen LogP) is 4.42. The maximum atomic E-state index is 5.57. The Morgan fingerprint density at radius 1 is 1.11 bits per heavy atom. The summed E-state index contributed by atoms with van der Waals surface area (Å²) in [6.07, 6.45) is 13.2. The van der Waals surface area contributed by atoms with Crippen molar-refractivity contribution in [2.45, 2.75) is 76.9 Å². The highest BCUT2D eigenvalue weighted by Gasteiger charge is 2.42. The second-order valence-corrected chi connectivity index (χ2v) is 6.64. The molecule has 2 rings (SSSR count). The number of hydrogen-bond acceptors (Lipinski definition) is 2. The van der Waals surface area contributed by atoms with Crippen LogP contribution in [0.25, 0.3) is 0 Å². The van der Waals surface area contributed by atoms with E-state index in [2.05, 4.69) is 6.92 Å². The van der Waals surface area contributed by atoms with Crippen molar-refractivity contribution in [1.29, 1.82) is 0 Å². The summed E-state index contributed by atoms with van der Waals surface area (Å²) in [4.78, 5) is 0. The van der Waals surface area contributed by atoms with Gasteiger partial charge in [-0.3, -0.25) is 0 Å². The van der Waals surface area contributed by atoms with Gasteiger partial charge in [-0.05, 0) is 56.3 Å². The summed E-state index contributed by atoms with van der Waals surface area (Å²) in [7, 11) is 3.73. The third-order valence-electron chi connectivity index (χ3n) is 5.69. The molecule has 0 radical (unpaired) electrons. The van der Waals surface area contributed by atoms with Crippen molar-refractivity contribution in [3.63, 3.8) is 0 Å². The fourth-order valence-electron chi connectivity index (χ4n) is 4.47. The van der Waals surface area contributed by atoms with Gasteiger partial charge >= 0.3 is 0 Å². The van der Waals surface area contributed by atoms with Crippen LogP contribution in [0.2, 0.25) is 0 Å². The SMILES string of the molecule is CCC(CCCCC1CCC2CC(OC)CC12)OC. The van der Waals surface area contributed by atoms with E-state index in [9.17, 15) is 0 Å². The van der Waals surface area contributed by atoms with Crippen molar-refractivity contribution < 1.29 is 9.47 Å². The van der Waals surface area contributed by atoms with Crippen LogP contribution in [0.3, 0.4) is 0 Å². The number of fused-ring (bicyclic) bond motifs is 1. The molecule has 2 fully saturated rings. The van der Waals surface area contributed by atoms with Gasteiger partial charge in [0.15, 0.2) is 0 Å². The van der Waals surface area contributed by atoms with Gasteiger partial charge in [0.05, 0.1) is 12.2 Å². The highest BCUT2D eigenvalue weighted by atomic mass is 16.5. The molecule has 0 spiro atoms. The number of rotatable bonds is 8. The van der Waals surface area contributed by atoms with Gasteiger partial charge in [-0.2, -0.15) is 0 Å². The van der Waals surface area contributed by atoms with Crippen molar-refractivity contribution in [1.82, 2.24) is 0 Å². The normalized spacial score (nSPS) is 35.5. The molecule has 19 heavy (non-hydrogen) atoms. The van der Waals surface area contributed by atoms with Crippen molar-refractivity contribution in [2.24, 2.45) is 17.8 Å². The maximum absolute atomic E-state index is 5.57. The summed E-state index contributed by atoms with van der Waals surface area (Å²) < 4.78 is 11.0. The first kappa shape index (κ1) is 15.3. The van der Waals surface area contributed by atoms with Gasteiger partial charge in [-0.1, -0.05) is 26.2 Å². The van der Waals surface area contributed by atoms with Crippen LogP contribution in [0.5, 0.6) is 0 Å². The third kappa shape index (κ3) is 3.95. The van der Waals surface area contributed by atoms with E-state index in [0.717, 1.165) is 24.2 Å². The zero-order chi connectivity index (χ0) is 13.7. The molecular weight excluding hydrogens is 236 g/mol. The highest BCUT2D eigenvalue weighted by molar-refractivity contribution is 4.93. The van der Waals surface area contributed by atoms with E-state index in [0.29, 0.717) is 12.2 Å². The summed E-state index contributed by atoms with van der Waals surface area (Å²) in [5.74, 6) is 2.96. The molecule has 0 heterocycles. The van der Waals surface area contributed by atoms with Gasteiger partial charge in [-0.15, -0.1) is 0 Å². The first-order valence-corrected chi connectivity index (χ1v) is 8.34. The zero-order valence-corrected chi connectivity index (χ0v) is 13.1. The van der Waals surface area contributed by atoms with Gasteiger partial charge in [0.25, 0.3) is 0 Å². The fraction of sp³-hybridized carbons (Fsp3) is 1.00. The Morgan fingerprint density at radius 2 is 1.95 bits per heavy atom. The molecule has 5 unspecified atom stereocenters. The van der Waals surface area contributed by atoms with Crippen molar-refractivity contribution >= 4 is 0 Å². The molecule has 112 valence electrons. The first-order valence-electron chi connectivity index (χ1n) is 8.34. The molecule has 0 aliphatic heterocycles. The van der Waals surface area contributed by atoms with E-state index in [-0.39, 0.29) is 0 Å². The topological polar surface area (TPSA) is 18.5 Å². The minimum absolute atomic E-state index is 0.487. The molecule has 2 nitrogen and oxygen atoms in total. The molecule has 2 aliphatic rings. The van der Waals surface area contributed by atoms with Crippen molar-refractivity contribution in [3.8, 4) is 0 Å². The van der Waals surface area contributed by atoms with Crippen LogP contribution in [0.15, 0.2) is 0 Å². The van der Waals surface area contributed by atoms with Gasteiger partial charge in [0, 0.05) is 14.2 Å². The standard InChI is InChI=1S/C17H32O2/c1-4-15(18-2)8-6-5-7-13-9-10-14-11-16(19-3)12-17(13)14/h13-17H,4-12H2,1-3H3. The first-order chi connectivity index (χ1) is 9.28. The highest BCUT2D eigenvalue weighted by Crippen LogP contribution is 2.49. The predicted molar refractivity (Wildman–Crippen MR) is 79.3 cm³/mol. The van der Waals surface area contributed by atoms with Gasteiger partial charge in [0.1, 0.15) is 0 Å². The van der Waals surface area contributed by atoms with Gasteiger partial charge < -0.3 is 9.47 Å². The van der Waals surface area contributed by atoms with Crippen LogP contribution in [0.4, 0.5) is 0 Å². The molecular formula is C17H32O2. The Labute approximate surface area is 119 Å². The molecule has 0 bridgehead atoms. The largest absolute Gasteiger partial charge is 0.381 e. The molecule has 0 aromatic carbocycles. The summed E-state index contributed by atoms with van der Waals surface area (Å²) >= 11 is 0. The molecule has 2 aliphatic carbocycles. The second-order valence-electron chi connectivity index (χ2n) is 6.64. The van der Waals surface area contributed by atoms with E-state index in [1.54, 1.807) is 0 Å². The molecule has 2 saturated carbocycles. The maximum Gasteiger partial charge on any atom is 0.0577 e. The van der Waals surface area contributed by atoms with Crippen LogP contribution in [-0.4, -0.2) is 26.4 Å². The second kappa shape index (κ2) is 7.64. The number of hydrogen-bond donors (Lipinski definition) is 0. The molecule has 0 aromatic rings. The average molecular weight is 268 g/mol. The lowest BCUT2D eigenvalue weighted by atomic mass is 9.88. The molecule has 0 N–H and O–H groups in total. The molecule has 5 atom stereocenters. The van der Waals surface area contributed by atoms with Crippen LogP contribution in [0.1, 0.15) is 64.7 Å². The van der Waals surface area contributed by atoms with Crippen molar-refractivity contribution in [2.75, 3.05) is 14.2 Å². The smallest absolute Gasteiger partial charge is 0.0577 e. The van der Waals surface area contributed by atoms with E-state index in [1.165, 1.54) is 51.4 Å². The quantitative estimate of drug-likeness (QED) is 0.607. The Morgan fingerprint density at radius 3 is 2.63 bits per heavy atom. The van der Waals surface area contributed by atoms with Crippen LogP contribution < -0.4 is 0 Å². The minimum atomic E-state index is 0.487. The summed E-state index contributed by atoms with van der Waals surface area (Å²) in [6, 6.07) is 0. The van der Waals surface area contributed by atoms with E-state index < -0.39 is 0 Å².